The monoisotopic (exact) mass is 540 g/mol. The van der Waals surface area contributed by atoms with Gasteiger partial charge in [-0.15, -0.1) is 0 Å². The minimum atomic E-state index is -0.500. The van der Waals surface area contributed by atoms with E-state index in [1.807, 2.05) is 31.2 Å². The molecule has 0 unspecified atom stereocenters. The van der Waals surface area contributed by atoms with Crippen molar-refractivity contribution < 1.29 is 23.5 Å². The second-order valence-corrected chi connectivity index (χ2v) is 9.06. The molecule has 0 aliphatic carbocycles. The van der Waals surface area contributed by atoms with Crippen LogP contribution in [0, 0.1) is 12.8 Å². The van der Waals surface area contributed by atoms with Gasteiger partial charge in [0.2, 0.25) is 11.8 Å². The predicted molar refractivity (Wildman–Crippen MR) is 134 cm³/mol. The standard InChI is InChI=1S/C25H25BrN4O5/c1-16-4-7-19(8-5-16)30-14-17(11-24(30)32)25(33)29-28-21-12-18(26)6-9-22(21)35-15-23(31)27-13-20-3-2-10-34-20/h2-10,12,17,28H,11,13-15H2,1H3,(H,27,31)(H,29,33)/t17-/m1/s1. The number of rotatable bonds is 9. The Morgan fingerprint density at radius 3 is 2.71 bits per heavy atom. The molecule has 1 aromatic heterocycles. The summed E-state index contributed by atoms with van der Waals surface area (Å²) in [6.07, 6.45) is 1.66. The van der Waals surface area contributed by atoms with Crippen LogP contribution in [0.2, 0.25) is 0 Å². The maximum Gasteiger partial charge on any atom is 0.258 e. The Hall–Kier alpha value is -3.79. The van der Waals surface area contributed by atoms with Gasteiger partial charge in [-0.05, 0) is 49.4 Å². The molecule has 10 heteroatoms. The number of hydrogen-bond donors (Lipinski definition) is 3. The average molecular weight is 541 g/mol. The van der Waals surface area contributed by atoms with Crippen LogP contribution in [-0.4, -0.2) is 30.9 Å². The van der Waals surface area contributed by atoms with E-state index in [0.29, 0.717) is 23.7 Å². The fourth-order valence-corrected chi connectivity index (χ4v) is 3.97. The van der Waals surface area contributed by atoms with Crippen LogP contribution in [0.5, 0.6) is 5.75 Å². The van der Waals surface area contributed by atoms with E-state index in [-0.39, 0.29) is 37.3 Å². The molecular formula is C25H25BrN4O5. The third kappa shape index (κ3) is 6.42. The molecule has 3 N–H and O–H groups in total. The molecular weight excluding hydrogens is 516 g/mol. The quantitative estimate of drug-likeness (QED) is 0.358. The van der Waals surface area contributed by atoms with Gasteiger partial charge in [0.05, 0.1) is 24.4 Å². The Morgan fingerprint density at radius 1 is 1.17 bits per heavy atom. The third-order valence-corrected chi connectivity index (χ3v) is 6.00. The van der Waals surface area contributed by atoms with Gasteiger partial charge in [-0.1, -0.05) is 33.6 Å². The van der Waals surface area contributed by atoms with E-state index >= 15 is 0 Å². The lowest BCUT2D eigenvalue weighted by Gasteiger charge is -2.18. The molecule has 1 aliphatic heterocycles. The fraction of sp³-hybridized carbons (Fsp3) is 0.240. The Morgan fingerprint density at radius 2 is 1.97 bits per heavy atom. The molecule has 2 aromatic carbocycles. The molecule has 3 aromatic rings. The highest BCUT2D eigenvalue weighted by Gasteiger charge is 2.35. The van der Waals surface area contributed by atoms with E-state index in [0.717, 1.165) is 15.7 Å². The number of hydrazine groups is 1. The molecule has 9 nitrogen and oxygen atoms in total. The normalized spacial score (nSPS) is 15.1. The first kappa shape index (κ1) is 24.3. The highest BCUT2D eigenvalue weighted by atomic mass is 79.9. The summed E-state index contributed by atoms with van der Waals surface area (Å²) in [6, 6.07) is 16.3. The lowest BCUT2D eigenvalue weighted by atomic mass is 10.1. The highest BCUT2D eigenvalue weighted by Crippen LogP contribution is 2.29. The molecule has 2 heterocycles. The largest absolute Gasteiger partial charge is 0.482 e. The van der Waals surface area contributed by atoms with Gasteiger partial charge in [0.25, 0.3) is 5.91 Å². The van der Waals surface area contributed by atoms with E-state index in [4.69, 9.17) is 9.15 Å². The van der Waals surface area contributed by atoms with Gasteiger partial charge in [-0.2, -0.15) is 0 Å². The molecule has 0 radical (unpaired) electrons. The van der Waals surface area contributed by atoms with Crippen molar-refractivity contribution in [3.05, 3.63) is 76.7 Å². The summed E-state index contributed by atoms with van der Waals surface area (Å²) in [5, 5.41) is 2.70. The van der Waals surface area contributed by atoms with Crippen LogP contribution in [0.25, 0.3) is 0 Å². The molecule has 1 atom stereocenters. The Bertz CT molecular complexity index is 1200. The van der Waals surface area contributed by atoms with Crippen molar-refractivity contribution in [2.24, 2.45) is 5.92 Å². The van der Waals surface area contributed by atoms with Crippen LogP contribution in [0.3, 0.4) is 0 Å². The van der Waals surface area contributed by atoms with Gasteiger partial charge in [0, 0.05) is 23.1 Å². The van der Waals surface area contributed by atoms with Crippen molar-refractivity contribution in [1.29, 1.82) is 0 Å². The number of aryl methyl sites for hydroxylation is 1. The Labute approximate surface area is 210 Å². The van der Waals surface area contributed by atoms with Crippen LogP contribution in [0.1, 0.15) is 17.7 Å². The van der Waals surface area contributed by atoms with Gasteiger partial charge in [-0.3, -0.25) is 25.2 Å². The van der Waals surface area contributed by atoms with Crippen molar-refractivity contribution in [2.75, 3.05) is 23.5 Å². The van der Waals surface area contributed by atoms with E-state index in [9.17, 15) is 14.4 Å². The number of ether oxygens (including phenoxy) is 1. The van der Waals surface area contributed by atoms with Gasteiger partial charge >= 0.3 is 0 Å². The number of furan rings is 1. The molecule has 3 amide bonds. The molecule has 182 valence electrons. The summed E-state index contributed by atoms with van der Waals surface area (Å²) >= 11 is 3.39. The summed E-state index contributed by atoms with van der Waals surface area (Å²) in [7, 11) is 0. The number of amides is 3. The fourth-order valence-electron chi connectivity index (χ4n) is 3.61. The van der Waals surface area contributed by atoms with Gasteiger partial charge in [-0.25, -0.2) is 0 Å². The van der Waals surface area contributed by atoms with Gasteiger partial charge in [0.15, 0.2) is 6.61 Å². The van der Waals surface area contributed by atoms with Crippen LogP contribution in [-0.2, 0) is 20.9 Å². The van der Waals surface area contributed by atoms with Crippen LogP contribution in [0.4, 0.5) is 11.4 Å². The minimum Gasteiger partial charge on any atom is -0.482 e. The van der Waals surface area contributed by atoms with E-state index in [1.165, 1.54) is 6.26 Å². The molecule has 35 heavy (non-hydrogen) atoms. The lowest BCUT2D eigenvalue weighted by Crippen LogP contribution is -2.36. The van der Waals surface area contributed by atoms with Crippen molar-refractivity contribution in [3.8, 4) is 5.75 Å². The molecule has 0 bridgehead atoms. The molecule has 0 saturated carbocycles. The Balaban J connectivity index is 1.31. The number of carbonyl (C=O) groups is 3. The van der Waals surface area contributed by atoms with Crippen molar-refractivity contribution in [1.82, 2.24) is 10.7 Å². The number of halogens is 1. The number of hydrogen-bond acceptors (Lipinski definition) is 6. The van der Waals surface area contributed by atoms with Crippen LogP contribution in [0.15, 0.2) is 69.8 Å². The van der Waals surface area contributed by atoms with Crippen molar-refractivity contribution >= 4 is 45.0 Å². The summed E-state index contributed by atoms with van der Waals surface area (Å²) in [6.45, 7) is 2.32. The first-order valence-corrected chi connectivity index (χ1v) is 11.8. The van der Waals surface area contributed by atoms with E-state index in [2.05, 4.69) is 32.1 Å². The molecule has 4 rings (SSSR count). The number of nitrogens with one attached hydrogen (secondary N) is 3. The zero-order valence-corrected chi connectivity index (χ0v) is 20.6. The first-order chi connectivity index (χ1) is 16.9. The van der Waals surface area contributed by atoms with Crippen LogP contribution >= 0.6 is 15.9 Å². The zero-order chi connectivity index (χ0) is 24.8. The number of carbonyl (C=O) groups excluding carboxylic acids is 3. The summed E-state index contributed by atoms with van der Waals surface area (Å²) in [4.78, 5) is 39.0. The molecule has 1 fully saturated rings. The average Bonchev–Trinajstić information content (AvgIpc) is 3.51. The zero-order valence-electron chi connectivity index (χ0n) is 19.0. The minimum absolute atomic E-state index is 0.0963. The number of anilines is 2. The van der Waals surface area contributed by atoms with Gasteiger partial charge in [0.1, 0.15) is 11.5 Å². The number of nitrogens with zero attached hydrogens (tertiary/aromatic N) is 1. The second-order valence-electron chi connectivity index (χ2n) is 8.14. The topological polar surface area (TPSA) is 113 Å². The molecule has 0 spiro atoms. The van der Waals surface area contributed by atoms with E-state index in [1.54, 1.807) is 35.2 Å². The number of benzene rings is 2. The maximum absolute atomic E-state index is 12.8. The van der Waals surface area contributed by atoms with E-state index < -0.39 is 5.92 Å². The summed E-state index contributed by atoms with van der Waals surface area (Å²) in [5.74, 6) is -0.208. The molecule has 1 aliphatic rings. The second kappa shape index (κ2) is 11.1. The Kier molecular flexibility index (Phi) is 7.71. The maximum atomic E-state index is 12.8. The predicted octanol–water partition coefficient (Wildman–Crippen LogP) is 3.54. The highest BCUT2D eigenvalue weighted by molar-refractivity contribution is 9.10. The third-order valence-electron chi connectivity index (χ3n) is 5.50. The SMILES string of the molecule is Cc1ccc(N2C[C@H](C(=O)NNc3cc(Br)ccc3OCC(=O)NCc3ccco3)CC2=O)cc1. The van der Waals surface area contributed by atoms with Gasteiger partial charge < -0.3 is 19.4 Å². The summed E-state index contributed by atoms with van der Waals surface area (Å²) < 4.78 is 11.6. The molecule has 1 saturated heterocycles. The van der Waals surface area contributed by atoms with Crippen molar-refractivity contribution in [2.45, 2.75) is 19.9 Å². The first-order valence-electron chi connectivity index (χ1n) is 11.0. The van der Waals surface area contributed by atoms with Crippen molar-refractivity contribution in [3.63, 3.8) is 0 Å². The van der Waals surface area contributed by atoms with Crippen LogP contribution < -0.4 is 25.8 Å². The lowest BCUT2D eigenvalue weighted by molar-refractivity contribution is -0.126. The summed E-state index contributed by atoms with van der Waals surface area (Å²) in [5.41, 5.74) is 7.85. The smallest absolute Gasteiger partial charge is 0.258 e.